The van der Waals surface area contributed by atoms with Crippen molar-refractivity contribution >= 4 is 17.5 Å². The summed E-state index contributed by atoms with van der Waals surface area (Å²) in [6.07, 6.45) is 0.346. The standard InChI is InChI=1S/C21H21F2N3O2/c22-17-7-6-14(10-18(17)23)26-9-8-15(21(26)28)20(27)25-11-16(19(24)12-25)13-4-2-1-3-5-13/h1-7,10,15-16,19H,8-9,11-12,24H2/t15?,16-,19+/m0/s1. The zero-order valence-corrected chi connectivity index (χ0v) is 15.2. The first-order valence-electron chi connectivity index (χ1n) is 9.31. The Balaban J connectivity index is 1.47. The normalized spacial score (nSPS) is 24.8. The number of likely N-dealkylation sites (tertiary alicyclic amines) is 1. The van der Waals surface area contributed by atoms with Gasteiger partial charge in [0.15, 0.2) is 11.6 Å². The molecule has 0 aliphatic carbocycles. The van der Waals surface area contributed by atoms with Gasteiger partial charge >= 0.3 is 0 Å². The Morgan fingerprint density at radius 2 is 1.79 bits per heavy atom. The summed E-state index contributed by atoms with van der Waals surface area (Å²) in [5.74, 6) is -3.40. The number of carbonyl (C=O) groups is 2. The van der Waals surface area contributed by atoms with Gasteiger partial charge in [0.25, 0.3) is 0 Å². The summed E-state index contributed by atoms with van der Waals surface area (Å²) in [7, 11) is 0. The quantitative estimate of drug-likeness (QED) is 0.825. The first kappa shape index (κ1) is 18.6. The monoisotopic (exact) mass is 385 g/mol. The molecule has 4 rings (SSSR count). The minimum absolute atomic E-state index is 0.0314. The fourth-order valence-corrected chi connectivity index (χ4v) is 4.10. The third kappa shape index (κ3) is 3.26. The van der Waals surface area contributed by atoms with Crippen molar-refractivity contribution in [1.29, 1.82) is 0 Å². The molecule has 2 N–H and O–H groups in total. The van der Waals surface area contributed by atoms with Crippen LogP contribution >= 0.6 is 0 Å². The van der Waals surface area contributed by atoms with E-state index in [1.165, 1.54) is 11.0 Å². The minimum Gasteiger partial charge on any atom is -0.340 e. The molecule has 2 aromatic rings. The van der Waals surface area contributed by atoms with Crippen molar-refractivity contribution in [3.05, 3.63) is 65.7 Å². The van der Waals surface area contributed by atoms with Crippen molar-refractivity contribution in [2.75, 3.05) is 24.5 Å². The third-order valence-corrected chi connectivity index (χ3v) is 5.62. The van der Waals surface area contributed by atoms with Gasteiger partial charge in [-0.15, -0.1) is 0 Å². The molecule has 0 saturated carbocycles. The summed E-state index contributed by atoms with van der Waals surface area (Å²) in [5, 5.41) is 0. The van der Waals surface area contributed by atoms with E-state index in [1.807, 2.05) is 30.3 Å². The van der Waals surface area contributed by atoms with E-state index in [9.17, 15) is 18.4 Å². The molecule has 0 spiro atoms. The largest absolute Gasteiger partial charge is 0.340 e. The van der Waals surface area contributed by atoms with Gasteiger partial charge in [-0.3, -0.25) is 9.59 Å². The lowest BCUT2D eigenvalue weighted by Gasteiger charge is -2.21. The molecule has 0 radical (unpaired) electrons. The molecule has 28 heavy (non-hydrogen) atoms. The summed E-state index contributed by atoms with van der Waals surface area (Å²) >= 11 is 0. The van der Waals surface area contributed by atoms with Gasteiger partial charge in [-0.1, -0.05) is 30.3 Å². The molecule has 2 aliphatic rings. The number of nitrogens with two attached hydrogens (primary N) is 1. The van der Waals surface area contributed by atoms with E-state index >= 15 is 0 Å². The van der Waals surface area contributed by atoms with E-state index in [-0.39, 0.29) is 29.5 Å². The Kier molecular flexibility index (Phi) is 4.85. The van der Waals surface area contributed by atoms with Crippen LogP contribution in [0.5, 0.6) is 0 Å². The molecule has 2 heterocycles. The van der Waals surface area contributed by atoms with Gasteiger partial charge in [0.2, 0.25) is 11.8 Å². The highest BCUT2D eigenvalue weighted by atomic mass is 19.2. The molecule has 0 bridgehead atoms. The molecule has 2 amide bonds. The highest BCUT2D eigenvalue weighted by Gasteiger charge is 2.43. The van der Waals surface area contributed by atoms with E-state index in [0.29, 0.717) is 26.1 Å². The number of anilines is 1. The molecule has 2 aliphatic heterocycles. The Bertz CT molecular complexity index is 906. The van der Waals surface area contributed by atoms with Crippen molar-refractivity contribution in [3.63, 3.8) is 0 Å². The van der Waals surface area contributed by atoms with Crippen LogP contribution < -0.4 is 10.6 Å². The Labute approximate surface area is 161 Å². The summed E-state index contributed by atoms with van der Waals surface area (Å²) in [6.45, 7) is 1.16. The molecule has 0 aromatic heterocycles. The molecule has 2 saturated heterocycles. The second kappa shape index (κ2) is 7.31. The van der Waals surface area contributed by atoms with Crippen LogP contribution in [0.4, 0.5) is 14.5 Å². The number of hydrogen-bond acceptors (Lipinski definition) is 3. The predicted molar refractivity (Wildman–Crippen MR) is 101 cm³/mol. The van der Waals surface area contributed by atoms with Gasteiger partial charge in [-0.2, -0.15) is 0 Å². The highest BCUT2D eigenvalue weighted by Crippen LogP contribution is 2.31. The molecule has 146 valence electrons. The van der Waals surface area contributed by atoms with E-state index in [1.54, 1.807) is 4.90 Å². The van der Waals surface area contributed by atoms with Crippen LogP contribution in [0.1, 0.15) is 17.9 Å². The van der Waals surface area contributed by atoms with E-state index in [2.05, 4.69) is 0 Å². The number of benzene rings is 2. The predicted octanol–water partition coefficient (Wildman–Crippen LogP) is 2.27. The van der Waals surface area contributed by atoms with Gasteiger partial charge in [-0.05, 0) is 24.1 Å². The van der Waals surface area contributed by atoms with Crippen molar-refractivity contribution in [1.82, 2.24) is 4.90 Å². The minimum atomic E-state index is -1.02. The molecule has 2 fully saturated rings. The molecule has 2 aromatic carbocycles. The summed E-state index contributed by atoms with van der Waals surface area (Å²) < 4.78 is 26.7. The molecule has 7 heteroatoms. The van der Waals surface area contributed by atoms with Crippen molar-refractivity contribution in [3.8, 4) is 0 Å². The van der Waals surface area contributed by atoms with Crippen LogP contribution in [0.15, 0.2) is 48.5 Å². The van der Waals surface area contributed by atoms with Crippen LogP contribution in [0.3, 0.4) is 0 Å². The number of hydrogen-bond donors (Lipinski definition) is 1. The van der Waals surface area contributed by atoms with Gasteiger partial charge in [-0.25, -0.2) is 8.78 Å². The van der Waals surface area contributed by atoms with E-state index < -0.39 is 17.6 Å². The summed E-state index contributed by atoms with van der Waals surface area (Å²) in [6, 6.07) is 12.9. The van der Waals surface area contributed by atoms with Crippen molar-refractivity contribution < 1.29 is 18.4 Å². The number of halogens is 2. The zero-order valence-electron chi connectivity index (χ0n) is 15.2. The highest BCUT2D eigenvalue weighted by molar-refractivity contribution is 6.09. The fourth-order valence-electron chi connectivity index (χ4n) is 4.10. The number of nitrogens with zero attached hydrogens (tertiary/aromatic N) is 2. The first-order valence-corrected chi connectivity index (χ1v) is 9.31. The zero-order chi connectivity index (χ0) is 19.8. The first-order chi connectivity index (χ1) is 13.5. The van der Waals surface area contributed by atoms with Crippen LogP contribution in [0, 0.1) is 17.6 Å². The lowest BCUT2D eigenvalue weighted by atomic mass is 9.95. The lowest BCUT2D eigenvalue weighted by molar-refractivity contribution is -0.139. The summed E-state index contributed by atoms with van der Waals surface area (Å²) in [4.78, 5) is 28.7. The Morgan fingerprint density at radius 1 is 1.04 bits per heavy atom. The molecule has 5 nitrogen and oxygen atoms in total. The van der Waals surface area contributed by atoms with E-state index in [4.69, 9.17) is 5.73 Å². The number of carbonyl (C=O) groups excluding carboxylic acids is 2. The summed E-state index contributed by atoms with van der Waals surface area (Å²) in [5.41, 5.74) is 7.59. The van der Waals surface area contributed by atoms with Crippen LogP contribution in [0.2, 0.25) is 0 Å². The van der Waals surface area contributed by atoms with Gasteiger partial charge < -0.3 is 15.5 Å². The van der Waals surface area contributed by atoms with Crippen LogP contribution in [0.25, 0.3) is 0 Å². The van der Waals surface area contributed by atoms with Gasteiger partial charge in [0, 0.05) is 43.3 Å². The molecule has 3 atom stereocenters. The van der Waals surface area contributed by atoms with Crippen LogP contribution in [-0.2, 0) is 9.59 Å². The van der Waals surface area contributed by atoms with Gasteiger partial charge in [0.1, 0.15) is 5.92 Å². The Morgan fingerprint density at radius 3 is 2.50 bits per heavy atom. The topological polar surface area (TPSA) is 66.6 Å². The second-order valence-corrected chi connectivity index (χ2v) is 7.35. The number of amides is 2. The van der Waals surface area contributed by atoms with E-state index in [0.717, 1.165) is 17.7 Å². The molecular formula is C21H21F2N3O2. The number of rotatable bonds is 3. The second-order valence-electron chi connectivity index (χ2n) is 7.35. The van der Waals surface area contributed by atoms with Gasteiger partial charge in [0.05, 0.1) is 0 Å². The van der Waals surface area contributed by atoms with Crippen molar-refractivity contribution in [2.45, 2.75) is 18.4 Å². The lowest BCUT2D eigenvalue weighted by Crippen LogP contribution is -2.40. The van der Waals surface area contributed by atoms with Crippen LogP contribution in [-0.4, -0.2) is 42.4 Å². The van der Waals surface area contributed by atoms with Crippen molar-refractivity contribution in [2.24, 2.45) is 11.7 Å². The maximum Gasteiger partial charge on any atom is 0.239 e. The SMILES string of the molecule is N[C@@H]1CN(C(=O)C2CCN(c3ccc(F)c(F)c3)C2=O)C[C@H]1c1ccccc1. The smallest absolute Gasteiger partial charge is 0.239 e. The fraction of sp³-hybridized carbons (Fsp3) is 0.333. The average Bonchev–Trinajstić information content (AvgIpc) is 3.27. The molecule has 1 unspecified atom stereocenters. The maximum atomic E-state index is 13.5. The average molecular weight is 385 g/mol. The maximum absolute atomic E-state index is 13.5. The Hall–Kier alpha value is -2.80. The molecular weight excluding hydrogens is 364 g/mol. The third-order valence-electron chi connectivity index (χ3n) is 5.62.